The number of aliphatic hydroxyl groups excluding tert-OH is 1. The maximum Gasteiger partial charge on any atom is 0.248 e. The van der Waals surface area contributed by atoms with Gasteiger partial charge in [-0.2, -0.15) is 0 Å². The number of rotatable bonds is 6. The van der Waals surface area contributed by atoms with Gasteiger partial charge in [-0.15, -0.1) is 10.2 Å². The van der Waals surface area contributed by atoms with Gasteiger partial charge in [0, 0.05) is 29.8 Å². The second-order valence-electron chi connectivity index (χ2n) is 9.83. The molecule has 0 radical (unpaired) electrons. The van der Waals surface area contributed by atoms with E-state index in [2.05, 4.69) is 46.1 Å². The number of fused-ring (bicyclic) bond motifs is 1. The summed E-state index contributed by atoms with van der Waals surface area (Å²) in [6.45, 7) is 6.34. The molecule has 0 atom stereocenters. The van der Waals surface area contributed by atoms with Crippen LogP contribution in [-0.4, -0.2) is 50.7 Å². The fourth-order valence-electron chi connectivity index (χ4n) is 5.15. The summed E-state index contributed by atoms with van der Waals surface area (Å²) in [5, 5.41) is 18.4. The summed E-state index contributed by atoms with van der Waals surface area (Å²) >= 11 is 0. The van der Waals surface area contributed by atoms with Gasteiger partial charge >= 0.3 is 0 Å². The number of aliphatic hydroxyl groups is 1. The fraction of sp³-hybridized carbons (Fsp3) is 0.267. The Morgan fingerprint density at radius 1 is 0.895 bits per heavy atom. The van der Waals surface area contributed by atoms with Crippen LogP contribution in [0, 0.1) is 13.8 Å². The number of hydrogen-bond donors (Lipinski definition) is 1. The third-order valence-corrected chi connectivity index (χ3v) is 7.35. The Kier molecular flexibility index (Phi) is 6.35. The zero-order chi connectivity index (χ0) is 26.2. The lowest BCUT2D eigenvalue weighted by Crippen LogP contribution is -2.35. The van der Waals surface area contributed by atoms with Crippen LogP contribution in [0.5, 0.6) is 0 Å². The summed E-state index contributed by atoms with van der Waals surface area (Å²) in [6, 6.07) is 17.4. The monoisotopic (exact) mass is 508 g/mol. The molecule has 1 aliphatic heterocycles. The molecule has 0 unspecified atom stereocenters. The van der Waals surface area contributed by atoms with Gasteiger partial charge in [0.05, 0.1) is 12.6 Å². The minimum absolute atomic E-state index is 0.213. The minimum atomic E-state index is -0.213. The minimum Gasteiger partial charge on any atom is -0.436 e. The van der Waals surface area contributed by atoms with Gasteiger partial charge in [0.2, 0.25) is 17.7 Å². The topological polar surface area (TPSA) is 105 Å². The molecule has 3 heterocycles. The Hall–Kier alpha value is -4.14. The van der Waals surface area contributed by atoms with Gasteiger partial charge in [-0.3, -0.25) is 9.69 Å². The first-order valence-corrected chi connectivity index (χ1v) is 12.8. The molecule has 0 aliphatic carbocycles. The SMILES string of the molecule is Cc1c(-c2nnc(CN3CCC(O)CC3)o2)cccc1-c1cccc(-c2nc3cc(C=O)ccc3o2)c1C. The number of likely N-dealkylation sites (tertiary alicyclic amines) is 1. The van der Waals surface area contributed by atoms with E-state index >= 15 is 0 Å². The zero-order valence-electron chi connectivity index (χ0n) is 21.3. The molecular formula is C30H28N4O4. The van der Waals surface area contributed by atoms with Crippen LogP contribution in [0.15, 0.2) is 63.4 Å². The second kappa shape index (κ2) is 9.96. The number of aromatic nitrogens is 3. The highest BCUT2D eigenvalue weighted by Crippen LogP contribution is 2.37. The van der Waals surface area contributed by atoms with E-state index in [1.165, 1.54) is 0 Å². The molecule has 1 fully saturated rings. The summed E-state index contributed by atoms with van der Waals surface area (Å²) in [7, 11) is 0. The first-order chi connectivity index (χ1) is 18.5. The maximum atomic E-state index is 11.2. The molecule has 0 amide bonds. The van der Waals surface area contributed by atoms with E-state index in [0.717, 1.165) is 65.6 Å². The Bertz CT molecular complexity index is 1630. The number of hydrogen-bond acceptors (Lipinski definition) is 8. The molecule has 6 rings (SSSR count). The van der Waals surface area contributed by atoms with E-state index in [0.29, 0.717) is 40.9 Å². The number of oxazole rings is 1. The number of benzene rings is 3. The van der Waals surface area contributed by atoms with Crippen molar-refractivity contribution in [1.82, 2.24) is 20.1 Å². The molecule has 0 saturated carbocycles. The molecule has 2 aromatic heterocycles. The van der Waals surface area contributed by atoms with Crippen LogP contribution in [0.4, 0.5) is 0 Å². The van der Waals surface area contributed by atoms with E-state index < -0.39 is 0 Å². The van der Waals surface area contributed by atoms with Crippen molar-refractivity contribution in [2.24, 2.45) is 0 Å². The summed E-state index contributed by atoms with van der Waals surface area (Å²) in [6.07, 6.45) is 2.13. The van der Waals surface area contributed by atoms with Crippen LogP contribution in [0.25, 0.3) is 45.1 Å². The van der Waals surface area contributed by atoms with E-state index in [1.807, 2.05) is 24.3 Å². The van der Waals surface area contributed by atoms with Crippen molar-refractivity contribution in [2.75, 3.05) is 13.1 Å². The smallest absolute Gasteiger partial charge is 0.248 e. The zero-order valence-corrected chi connectivity index (χ0v) is 21.3. The Labute approximate surface area is 219 Å². The number of piperidine rings is 1. The number of carbonyl (C=O) groups excluding carboxylic acids is 1. The quantitative estimate of drug-likeness (QED) is 0.296. The molecule has 38 heavy (non-hydrogen) atoms. The average molecular weight is 509 g/mol. The summed E-state index contributed by atoms with van der Waals surface area (Å²) in [4.78, 5) is 18.0. The van der Waals surface area contributed by atoms with Crippen LogP contribution in [-0.2, 0) is 6.54 Å². The predicted molar refractivity (Wildman–Crippen MR) is 144 cm³/mol. The Morgan fingerprint density at radius 3 is 2.24 bits per heavy atom. The van der Waals surface area contributed by atoms with E-state index in [4.69, 9.17) is 8.83 Å². The number of aldehydes is 1. The highest BCUT2D eigenvalue weighted by Gasteiger charge is 2.21. The normalized spacial score (nSPS) is 14.8. The van der Waals surface area contributed by atoms with Crippen LogP contribution >= 0.6 is 0 Å². The first-order valence-electron chi connectivity index (χ1n) is 12.8. The Morgan fingerprint density at radius 2 is 1.55 bits per heavy atom. The molecule has 1 saturated heterocycles. The van der Waals surface area contributed by atoms with Crippen molar-refractivity contribution in [1.29, 1.82) is 0 Å². The molecule has 1 N–H and O–H groups in total. The summed E-state index contributed by atoms with van der Waals surface area (Å²) in [5.74, 6) is 1.59. The molecule has 3 aromatic carbocycles. The lowest BCUT2D eigenvalue weighted by molar-refractivity contribution is 0.0752. The highest BCUT2D eigenvalue weighted by atomic mass is 16.4. The van der Waals surface area contributed by atoms with Crippen LogP contribution in [0.1, 0.15) is 40.2 Å². The van der Waals surface area contributed by atoms with E-state index in [9.17, 15) is 9.90 Å². The average Bonchev–Trinajstić information content (AvgIpc) is 3.57. The largest absolute Gasteiger partial charge is 0.436 e. The lowest BCUT2D eigenvalue weighted by atomic mass is 9.91. The lowest BCUT2D eigenvalue weighted by Gasteiger charge is -2.27. The van der Waals surface area contributed by atoms with Gasteiger partial charge < -0.3 is 13.9 Å². The predicted octanol–water partition coefficient (Wildman–Crippen LogP) is 5.60. The van der Waals surface area contributed by atoms with Crippen LogP contribution < -0.4 is 0 Å². The number of carbonyl (C=O) groups is 1. The van der Waals surface area contributed by atoms with Gasteiger partial charge in [0.1, 0.15) is 11.8 Å². The van der Waals surface area contributed by atoms with Crippen LogP contribution in [0.2, 0.25) is 0 Å². The standard InChI is InChI=1S/C30H28N4O4/c1-18-22(5-3-7-24(18)29-31-26-15-20(17-35)9-10-27(26)37-29)23-6-4-8-25(19(23)2)30-33-32-28(38-30)16-34-13-11-21(36)12-14-34/h3-10,15,17,21,36H,11-14,16H2,1-2H3. The molecule has 192 valence electrons. The third-order valence-electron chi connectivity index (χ3n) is 7.35. The van der Waals surface area contributed by atoms with Crippen molar-refractivity contribution in [3.8, 4) is 34.0 Å². The van der Waals surface area contributed by atoms with Gasteiger partial charge in [-0.05, 0) is 79.3 Å². The van der Waals surface area contributed by atoms with Gasteiger partial charge in [0.15, 0.2) is 5.58 Å². The fourth-order valence-corrected chi connectivity index (χ4v) is 5.15. The first kappa shape index (κ1) is 24.2. The molecule has 0 bridgehead atoms. The van der Waals surface area contributed by atoms with Crippen molar-refractivity contribution in [3.05, 3.63) is 77.2 Å². The summed E-state index contributed by atoms with van der Waals surface area (Å²) in [5.41, 5.74) is 7.84. The highest BCUT2D eigenvalue weighted by molar-refractivity contribution is 5.86. The molecule has 8 heteroatoms. The molecule has 5 aromatic rings. The third kappa shape index (κ3) is 4.53. The van der Waals surface area contributed by atoms with E-state index in [1.54, 1.807) is 18.2 Å². The van der Waals surface area contributed by atoms with Crippen molar-refractivity contribution >= 4 is 17.4 Å². The molecular weight excluding hydrogens is 480 g/mol. The van der Waals surface area contributed by atoms with Crippen molar-refractivity contribution < 1.29 is 18.7 Å². The van der Waals surface area contributed by atoms with Gasteiger partial charge in [0.25, 0.3) is 0 Å². The summed E-state index contributed by atoms with van der Waals surface area (Å²) < 4.78 is 12.1. The molecule has 1 aliphatic rings. The van der Waals surface area contributed by atoms with E-state index in [-0.39, 0.29) is 6.10 Å². The van der Waals surface area contributed by atoms with Gasteiger partial charge in [-0.1, -0.05) is 24.3 Å². The van der Waals surface area contributed by atoms with Gasteiger partial charge in [-0.25, -0.2) is 4.98 Å². The second-order valence-corrected chi connectivity index (χ2v) is 9.83. The maximum absolute atomic E-state index is 11.2. The Balaban J connectivity index is 1.32. The molecule has 0 spiro atoms. The van der Waals surface area contributed by atoms with Crippen LogP contribution in [0.3, 0.4) is 0 Å². The van der Waals surface area contributed by atoms with Crippen molar-refractivity contribution in [2.45, 2.75) is 39.3 Å². The van der Waals surface area contributed by atoms with Crippen molar-refractivity contribution in [3.63, 3.8) is 0 Å². The molecule has 8 nitrogen and oxygen atoms in total. The number of nitrogens with zero attached hydrogens (tertiary/aromatic N) is 4.